The molecule has 8 nitrogen and oxygen atoms in total. The van der Waals surface area contributed by atoms with Gasteiger partial charge in [-0.05, 0) is 37.0 Å². The number of rotatable bonds is 7. The Kier molecular flexibility index (Phi) is 6.13. The number of aromatic amines is 1. The van der Waals surface area contributed by atoms with E-state index >= 15 is 0 Å². The molecule has 3 rings (SSSR count). The van der Waals surface area contributed by atoms with Gasteiger partial charge in [0.1, 0.15) is 12.2 Å². The van der Waals surface area contributed by atoms with E-state index in [4.69, 9.17) is 9.47 Å². The SMILES string of the molecule is C=CCOC(=O)N[C@H](C(=O)O)[C@@]1(CCC)OCCc2c1[nH]c1c(C)ccc(C#N)c21. The first-order valence-corrected chi connectivity index (χ1v) is 9.85. The van der Waals surface area contributed by atoms with Crippen LogP contribution in [0.1, 0.15) is 42.1 Å². The number of alkyl carbamates (subject to hydrolysis) is 1. The Balaban J connectivity index is 2.20. The van der Waals surface area contributed by atoms with Crippen molar-refractivity contribution in [3.05, 3.63) is 47.2 Å². The van der Waals surface area contributed by atoms with Gasteiger partial charge in [0.25, 0.3) is 0 Å². The van der Waals surface area contributed by atoms with Crippen LogP contribution in [0.2, 0.25) is 0 Å². The number of hydrogen-bond donors (Lipinski definition) is 3. The van der Waals surface area contributed by atoms with Crippen LogP contribution in [0.3, 0.4) is 0 Å². The van der Waals surface area contributed by atoms with Gasteiger partial charge < -0.3 is 24.9 Å². The molecule has 0 aliphatic carbocycles. The van der Waals surface area contributed by atoms with Crippen molar-refractivity contribution in [2.75, 3.05) is 13.2 Å². The third-order valence-electron chi connectivity index (χ3n) is 5.45. The lowest BCUT2D eigenvalue weighted by Gasteiger charge is -2.41. The maximum atomic E-state index is 12.3. The lowest BCUT2D eigenvalue weighted by molar-refractivity contribution is -0.156. The Morgan fingerprint density at radius 2 is 2.30 bits per heavy atom. The average Bonchev–Trinajstić information content (AvgIpc) is 3.13. The number of nitrogens with zero attached hydrogens (tertiary/aromatic N) is 1. The summed E-state index contributed by atoms with van der Waals surface area (Å²) in [5.74, 6) is -1.23. The summed E-state index contributed by atoms with van der Waals surface area (Å²) in [4.78, 5) is 27.8. The minimum atomic E-state index is -1.38. The van der Waals surface area contributed by atoms with Gasteiger partial charge in [0.2, 0.25) is 0 Å². The summed E-state index contributed by atoms with van der Waals surface area (Å²) in [5.41, 5.74) is 2.37. The van der Waals surface area contributed by atoms with E-state index in [0.717, 1.165) is 22.0 Å². The Bertz CT molecular complexity index is 1040. The minimum Gasteiger partial charge on any atom is -0.480 e. The monoisotopic (exact) mass is 411 g/mol. The molecule has 0 unspecified atom stereocenters. The van der Waals surface area contributed by atoms with Gasteiger partial charge in [0.15, 0.2) is 6.04 Å². The van der Waals surface area contributed by atoms with Crippen LogP contribution >= 0.6 is 0 Å². The molecule has 1 aliphatic heterocycles. The highest BCUT2D eigenvalue weighted by atomic mass is 16.6. The quantitative estimate of drug-likeness (QED) is 0.601. The molecule has 0 saturated heterocycles. The number of benzene rings is 1. The number of nitrogens with one attached hydrogen (secondary N) is 2. The van der Waals surface area contributed by atoms with Crippen LogP contribution in [0.15, 0.2) is 24.8 Å². The molecular weight excluding hydrogens is 386 g/mol. The van der Waals surface area contributed by atoms with Crippen molar-refractivity contribution >= 4 is 23.0 Å². The molecule has 0 spiro atoms. The number of H-pyrrole nitrogens is 1. The number of aromatic nitrogens is 1. The smallest absolute Gasteiger partial charge is 0.408 e. The summed E-state index contributed by atoms with van der Waals surface area (Å²) in [6, 6.07) is 4.46. The number of carboxylic acid groups (broad SMARTS) is 1. The standard InChI is InChI=1S/C22H25N3O5/c1-4-9-22(19(20(26)27)25-21(28)29-10-5-2)18-15(8-11-30-22)16-14(12-23)7-6-13(3)17(16)24-18/h5-7,19,24H,2,4,8-11H2,1,3H3,(H,25,28)(H,26,27)/t19-,22+/m1/s1. The zero-order valence-corrected chi connectivity index (χ0v) is 17.1. The van der Waals surface area contributed by atoms with Crippen molar-refractivity contribution in [1.82, 2.24) is 10.3 Å². The predicted octanol–water partition coefficient (Wildman–Crippen LogP) is 3.28. The zero-order valence-electron chi connectivity index (χ0n) is 17.1. The molecule has 0 saturated carbocycles. The largest absolute Gasteiger partial charge is 0.480 e. The van der Waals surface area contributed by atoms with Gasteiger partial charge in [-0.3, -0.25) is 0 Å². The molecule has 2 aromatic rings. The molecule has 1 aliphatic rings. The molecular formula is C22H25N3O5. The number of fused-ring (bicyclic) bond motifs is 3. The molecule has 8 heteroatoms. The van der Waals surface area contributed by atoms with E-state index in [0.29, 0.717) is 30.5 Å². The molecule has 1 amide bonds. The molecule has 0 bridgehead atoms. The summed E-state index contributed by atoms with van der Waals surface area (Å²) < 4.78 is 11.1. The number of aliphatic carboxylic acids is 1. The number of ether oxygens (including phenoxy) is 2. The lowest BCUT2D eigenvalue weighted by Crippen LogP contribution is -2.58. The van der Waals surface area contributed by atoms with Gasteiger partial charge in [0, 0.05) is 5.39 Å². The first-order chi connectivity index (χ1) is 14.4. The minimum absolute atomic E-state index is 0.0395. The van der Waals surface area contributed by atoms with E-state index in [1.165, 1.54) is 6.08 Å². The van der Waals surface area contributed by atoms with Gasteiger partial charge in [-0.15, -0.1) is 0 Å². The third kappa shape index (κ3) is 3.53. The molecule has 0 fully saturated rings. The van der Waals surface area contributed by atoms with Gasteiger partial charge in [-0.25, -0.2) is 9.59 Å². The summed E-state index contributed by atoms with van der Waals surface area (Å²) in [7, 11) is 0. The van der Waals surface area contributed by atoms with E-state index in [1.807, 2.05) is 19.9 Å². The van der Waals surface area contributed by atoms with Crippen molar-refractivity contribution in [2.45, 2.75) is 44.8 Å². The number of hydrogen-bond acceptors (Lipinski definition) is 5. The van der Waals surface area contributed by atoms with Crippen molar-refractivity contribution < 1.29 is 24.2 Å². The first-order valence-electron chi connectivity index (χ1n) is 9.85. The predicted molar refractivity (Wildman–Crippen MR) is 110 cm³/mol. The number of carbonyl (C=O) groups is 2. The fraction of sp³-hybridized carbons (Fsp3) is 0.409. The number of amides is 1. The highest BCUT2D eigenvalue weighted by Gasteiger charge is 2.51. The molecule has 3 N–H and O–H groups in total. The number of nitriles is 1. The van der Waals surface area contributed by atoms with Crippen molar-refractivity contribution in [1.29, 1.82) is 5.26 Å². The second-order valence-electron chi connectivity index (χ2n) is 7.31. The molecule has 0 radical (unpaired) electrons. The molecule has 2 atom stereocenters. The maximum absolute atomic E-state index is 12.3. The topological polar surface area (TPSA) is 124 Å². The van der Waals surface area contributed by atoms with Crippen LogP contribution in [0.4, 0.5) is 4.79 Å². The summed E-state index contributed by atoms with van der Waals surface area (Å²) in [6.07, 6.45) is 2.04. The summed E-state index contributed by atoms with van der Waals surface area (Å²) in [6.45, 7) is 7.55. The number of aryl methyl sites for hydroxylation is 1. The van der Waals surface area contributed by atoms with Crippen LogP contribution in [0.5, 0.6) is 0 Å². The van der Waals surface area contributed by atoms with Gasteiger partial charge in [-0.1, -0.05) is 32.1 Å². The molecule has 1 aromatic carbocycles. The van der Waals surface area contributed by atoms with Crippen LogP contribution in [-0.2, 0) is 26.3 Å². The lowest BCUT2D eigenvalue weighted by atomic mass is 9.81. The van der Waals surface area contributed by atoms with Gasteiger partial charge in [-0.2, -0.15) is 5.26 Å². The third-order valence-corrected chi connectivity index (χ3v) is 5.45. The van der Waals surface area contributed by atoms with Crippen LogP contribution in [0.25, 0.3) is 10.9 Å². The van der Waals surface area contributed by atoms with Gasteiger partial charge in [0.05, 0.1) is 29.5 Å². The second-order valence-corrected chi connectivity index (χ2v) is 7.31. The fourth-order valence-electron chi connectivity index (χ4n) is 4.23. The van der Waals surface area contributed by atoms with E-state index in [9.17, 15) is 20.0 Å². The average molecular weight is 411 g/mol. The summed E-state index contributed by atoms with van der Waals surface area (Å²) in [5, 5.41) is 22.9. The highest BCUT2D eigenvalue weighted by molar-refractivity contribution is 5.93. The maximum Gasteiger partial charge on any atom is 0.408 e. The highest BCUT2D eigenvalue weighted by Crippen LogP contribution is 2.43. The normalized spacial score (nSPS) is 18.8. The van der Waals surface area contributed by atoms with Crippen molar-refractivity contribution in [3.63, 3.8) is 0 Å². The molecule has 1 aromatic heterocycles. The van der Waals surface area contributed by atoms with Crippen molar-refractivity contribution in [2.24, 2.45) is 0 Å². The Morgan fingerprint density at radius 3 is 2.93 bits per heavy atom. The Morgan fingerprint density at radius 1 is 1.53 bits per heavy atom. The summed E-state index contributed by atoms with van der Waals surface area (Å²) >= 11 is 0. The van der Waals surface area contributed by atoms with E-state index in [1.54, 1.807) is 6.07 Å². The number of carbonyl (C=O) groups excluding carboxylic acids is 1. The van der Waals surface area contributed by atoms with Crippen LogP contribution in [-0.4, -0.2) is 41.4 Å². The first kappa shape index (κ1) is 21.4. The Labute approximate surface area is 174 Å². The van der Waals surface area contributed by atoms with E-state index in [2.05, 4.69) is 22.9 Å². The molecule has 158 valence electrons. The molecule has 2 heterocycles. The van der Waals surface area contributed by atoms with Crippen molar-refractivity contribution in [3.8, 4) is 6.07 Å². The van der Waals surface area contributed by atoms with E-state index in [-0.39, 0.29) is 13.2 Å². The zero-order chi connectivity index (χ0) is 21.9. The van der Waals surface area contributed by atoms with Crippen LogP contribution < -0.4 is 5.32 Å². The van der Waals surface area contributed by atoms with Crippen LogP contribution in [0, 0.1) is 18.3 Å². The Hall–Kier alpha value is -3.31. The number of carboxylic acids is 1. The second kappa shape index (κ2) is 8.59. The molecule has 30 heavy (non-hydrogen) atoms. The fourth-order valence-corrected chi connectivity index (χ4v) is 4.23. The van der Waals surface area contributed by atoms with Gasteiger partial charge >= 0.3 is 12.1 Å². The van der Waals surface area contributed by atoms with E-state index < -0.39 is 23.7 Å².